The predicted octanol–water partition coefficient (Wildman–Crippen LogP) is 4.28. The Morgan fingerprint density at radius 3 is 2.56 bits per heavy atom. The fourth-order valence-electron chi connectivity index (χ4n) is 1.43. The summed E-state index contributed by atoms with van der Waals surface area (Å²) in [5.41, 5.74) is 1.50. The first kappa shape index (κ1) is 12.6. The highest BCUT2D eigenvalue weighted by atomic mass is 79.9. The number of rotatable bonds is 3. The molecule has 0 amide bonds. The molecule has 2 aromatic carbocycles. The zero-order valence-corrected chi connectivity index (χ0v) is 11.1. The summed E-state index contributed by atoms with van der Waals surface area (Å²) in [6.07, 6.45) is 3.14. The van der Waals surface area contributed by atoms with E-state index in [1.165, 1.54) is 6.26 Å². The van der Waals surface area contributed by atoms with Gasteiger partial charge in [-0.1, -0.05) is 46.3 Å². The van der Waals surface area contributed by atoms with E-state index in [1.54, 1.807) is 30.3 Å². The van der Waals surface area contributed by atoms with Crippen molar-refractivity contribution in [3.05, 3.63) is 76.5 Å². The Hall–Kier alpha value is -1.87. The standard InChI is InChI=1S/C15H11BrO2/c16-14-8-4-5-12(11-14)9-10-18-15(17)13-6-2-1-3-7-13/h1-11H/b10-9+. The average Bonchev–Trinajstić information content (AvgIpc) is 2.40. The predicted molar refractivity (Wildman–Crippen MR) is 75.0 cm³/mol. The lowest BCUT2D eigenvalue weighted by Gasteiger charge is -1.98. The molecule has 18 heavy (non-hydrogen) atoms. The first-order valence-corrected chi connectivity index (χ1v) is 6.23. The number of benzene rings is 2. The Bertz CT molecular complexity index is 562. The molecule has 0 unspecified atom stereocenters. The molecule has 0 aliphatic carbocycles. The van der Waals surface area contributed by atoms with Crippen molar-refractivity contribution in [2.75, 3.05) is 0 Å². The number of carbonyl (C=O) groups excluding carboxylic acids is 1. The molecule has 0 spiro atoms. The Labute approximate surface area is 114 Å². The van der Waals surface area contributed by atoms with Crippen molar-refractivity contribution < 1.29 is 9.53 Å². The molecular weight excluding hydrogens is 292 g/mol. The Balaban J connectivity index is 1.98. The van der Waals surface area contributed by atoms with Gasteiger partial charge < -0.3 is 4.74 Å². The molecule has 0 aliphatic heterocycles. The minimum Gasteiger partial charge on any atom is -0.431 e. The molecule has 2 rings (SSSR count). The minimum atomic E-state index is -0.359. The summed E-state index contributed by atoms with van der Waals surface area (Å²) >= 11 is 3.38. The highest BCUT2D eigenvalue weighted by Crippen LogP contribution is 2.13. The number of carbonyl (C=O) groups is 1. The van der Waals surface area contributed by atoms with Crippen LogP contribution in [0.5, 0.6) is 0 Å². The van der Waals surface area contributed by atoms with E-state index in [4.69, 9.17) is 4.74 Å². The number of ether oxygens (including phenoxy) is 1. The van der Waals surface area contributed by atoms with E-state index in [9.17, 15) is 4.79 Å². The van der Waals surface area contributed by atoms with Crippen LogP contribution >= 0.6 is 15.9 Å². The van der Waals surface area contributed by atoms with Gasteiger partial charge in [0.25, 0.3) is 0 Å². The van der Waals surface area contributed by atoms with Gasteiger partial charge in [-0.2, -0.15) is 0 Å². The zero-order valence-electron chi connectivity index (χ0n) is 9.55. The SMILES string of the molecule is O=C(O/C=C/c1cccc(Br)c1)c1ccccc1. The van der Waals surface area contributed by atoms with Gasteiger partial charge in [-0.15, -0.1) is 0 Å². The molecule has 0 saturated heterocycles. The van der Waals surface area contributed by atoms with Gasteiger partial charge >= 0.3 is 5.97 Å². The topological polar surface area (TPSA) is 26.3 Å². The summed E-state index contributed by atoms with van der Waals surface area (Å²) in [7, 11) is 0. The van der Waals surface area contributed by atoms with Crippen molar-refractivity contribution in [3.8, 4) is 0 Å². The molecule has 0 fully saturated rings. The second-order valence-electron chi connectivity index (χ2n) is 3.63. The monoisotopic (exact) mass is 302 g/mol. The third kappa shape index (κ3) is 3.57. The molecule has 0 aromatic heterocycles. The molecule has 0 atom stereocenters. The van der Waals surface area contributed by atoms with Crippen molar-refractivity contribution in [3.63, 3.8) is 0 Å². The van der Waals surface area contributed by atoms with Crippen molar-refractivity contribution in [2.45, 2.75) is 0 Å². The summed E-state index contributed by atoms with van der Waals surface area (Å²) < 4.78 is 6.02. The summed E-state index contributed by atoms with van der Waals surface area (Å²) in [5.74, 6) is -0.359. The maximum absolute atomic E-state index is 11.6. The van der Waals surface area contributed by atoms with Crippen LogP contribution in [-0.2, 0) is 4.74 Å². The maximum Gasteiger partial charge on any atom is 0.342 e. The number of hydrogen-bond acceptors (Lipinski definition) is 2. The van der Waals surface area contributed by atoms with E-state index in [2.05, 4.69) is 15.9 Å². The number of esters is 1. The largest absolute Gasteiger partial charge is 0.431 e. The number of hydrogen-bond donors (Lipinski definition) is 0. The molecule has 0 bridgehead atoms. The zero-order chi connectivity index (χ0) is 12.8. The lowest BCUT2D eigenvalue weighted by atomic mass is 10.2. The third-order valence-corrected chi connectivity index (χ3v) is 2.79. The van der Waals surface area contributed by atoms with Crippen LogP contribution in [0.2, 0.25) is 0 Å². The maximum atomic E-state index is 11.6. The fraction of sp³-hybridized carbons (Fsp3) is 0. The highest BCUT2D eigenvalue weighted by molar-refractivity contribution is 9.10. The second kappa shape index (κ2) is 6.17. The first-order valence-electron chi connectivity index (χ1n) is 5.44. The molecule has 0 saturated carbocycles. The smallest absolute Gasteiger partial charge is 0.342 e. The van der Waals surface area contributed by atoms with Crippen molar-refractivity contribution in [2.24, 2.45) is 0 Å². The van der Waals surface area contributed by atoms with Crippen molar-refractivity contribution >= 4 is 28.0 Å². The molecule has 90 valence electrons. The summed E-state index contributed by atoms with van der Waals surface area (Å²) in [5, 5.41) is 0. The summed E-state index contributed by atoms with van der Waals surface area (Å²) in [6, 6.07) is 16.6. The Morgan fingerprint density at radius 2 is 1.83 bits per heavy atom. The van der Waals surface area contributed by atoms with Crippen molar-refractivity contribution in [1.82, 2.24) is 0 Å². The average molecular weight is 303 g/mol. The van der Waals surface area contributed by atoms with E-state index >= 15 is 0 Å². The van der Waals surface area contributed by atoms with Gasteiger partial charge in [0.15, 0.2) is 0 Å². The first-order chi connectivity index (χ1) is 8.75. The molecule has 0 N–H and O–H groups in total. The molecule has 0 aliphatic rings. The summed E-state index contributed by atoms with van der Waals surface area (Å²) in [4.78, 5) is 11.6. The van der Waals surface area contributed by atoms with E-state index < -0.39 is 0 Å². The van der Waals surface area contributed by atoms with E-state index in [-0.39, 0.29) is 5.97 Å². The van der Waals surface area contributed by atoms with Gasteiger partial charge in [-0.3, -0.25) is 0 Å². The van der Waals surface area contributed by atoms with Crippen LogP contribution in [0.15, 0.2) is 65.3 Å². The Kier molecular flexibility index (Phi) is 4.31. The van der Waals surface area contributed by atoms with Gasteiger partial charge in [-0.25, -0.2) is 4.79 Å². The minimum absolute atomic E-state index is 0.359. The molecule has 2 aromatic rings. The van der Waals surface area contributed by atoms with Crippen LogP contribution in [-0.4, -0.2) is 5.97 Å². The lowest BCUT2D eigenvalue weighted by Crippen LogP contribution is -1.99. The van der Waals surface area contributed by atoms with Gasteiger partial charge in [-0.05, 0) is 35.9 Å². The second-order valence-corrected chi connectivity index (χ2v) is 4.54. The summed E-state index contributed by atoms with van der Waals surface area (Å²) in [6.45, 7) is 0. The third-order valence-electron chi connectivity index (χ3n) is 2.29. The molecular formula is C15H11BrO2. The van der Waals surface area contributed by atoms with Gasteiger partial charge in [0, 0.05) is 4.47 Å². The van der Waals surface area contributed by atoms with E-state index in [1.807, 2.05) is 30.3 Å². The van der Waals surface area contributed by atoms with Gasteiger partial charge in [0.2, 0.25) is 0 Å². The van der Waals surface area contributed by atoms with E-state index in [0.717, 1.165) is 10.0 Å². The van der Waals surface area contributed by atoms with Gasteiger partial charge in [0.1, 0.15) is 0 Å². The van der Waals surface area contributed by atoms with Crippen LogP contribution in [0.4, 0.5) is 0 Å². The quantitative estimate of drug-likeness (QED) is 0.625. The molecule has 0 heterocycles. The number of halogens is 1. The van der Waals surface area contributed by atoms with Crippen LogP contribution < -0.4 is 0 Å². The van der Waals surface area contributed by atoms with Crippen LogP contribution in [0, 0.1) is 0 Å². The van der Waals surface area contributed by atoms with E-state index in [0.29, 0.717) is 5.56 Å². The fourth-order valence-corrected chi connectivity index (χ4v) is 1.84. The van der Waals surface area contributed by atoms with Crippen LogP contribution in [0.3, 0.4) is 0 Å². The molecule has 3 heteroatoms. The molecule has 0 radical (unpaired) electrons. The normalized spacial score (nSPS) is 10.5. The van der Waals surface area contributed by atoms with Crippen LogP contribution in [0.1, 0.15) is 15.9 Å². The van der Waals surface area contributed by atoms with Crippen LogP contribution in [0.25, 0.3) is 6.08 Å². The Morgan fingerprint density at radius 1 is 1.06 bits per heavy atom. The molecule has 2 nitrogen and oxygen atoms in total. The van der Waals surface area contributed by atoms with Gasteiger partial charge in [0.05, 0.1) is 11.8 Å². The van der Waals surface area contributed by atoms with Crippen molar-refractivity contribution in [1.29, 1.82) is 0 Å². The lowest BCUT2D eigenvalue weighted by molar-refractivity contribution is 0.0665. The highest BCUT2D eigenvalue weighted by Gasteiger charge is 2.02.